The molecule has 4 nitrogen and oxygen atoms in total. The van der Waals surface area contributed by atoms with E-state index in [1.165, 1.54) is 24.3 Å². The predicted octanol–water partition coefficient (Wildman–Crippen LogP) is 2.95. The summed E-state index contributed by atoms with van der Waals surface area (Å²) in [5, 5.41) is 3.01. The number of carbonyl (C=O) groups excluding carboxylic acids is 2. The number of rotatable bonds is 5. The number of nitrogens with one attached hydrogen (secondary N) is 1. The largest absolute Gasteiger partial charge is 0.460 e. The predicted molar refractivity (Wildman–Crippen MR) is 80.0 cm³/mol. The maximum atomic E-state index is 12.7. The Morgan fingerprint density at radius 1 is 1.05 bits per heavy atom. The Hall–Kier alpha value is -2.40. The van der Waals surface area contributed by atoms with Crippen LogP contribution in [0, 0.1) is 5.82 Å². The van der Waals surface area contributed by atoms with Crippen molar-refractivity contribution in [1.82, 2.24) is 5.32 Å². The van der Waals surface area contributed by atoms with Crippen LogP contribution < -0.4 is 5.32 Å². The molecule has 2 aromatic rings. The summed E-state index contributed by atoms with van der Waals surface area (Å²) in [6.45, 7) is -0.160. The van der Waals surface area contributed by atoms with E-state index in [0.29, 0.717) is 5.02 Å². The summed E-state index contributed by atoms with van der Waals surface area (Å²) in [6.07, 6.45) is 0. The Kier molecular flexibility index (Phi) is 5.49. The zero-order valence-electron chi connectivity index (χ0n) is 11.5. The monoisotopic (exact) mass is 321 g/mol. The lowest BCUT2D eigenvalue weighted by molar-refractivity contribution is -0.143. The Labute approximate surface area is 131 Å². The molecule has 0 aromatic heterocycles. The molecule has 0 saturated carbocycles. The van der Waals surface area contributed by atoms with Crippen LogP contribution in [-0.4, -0.2) is 18.4 Å². The van der Waals surface area contributed by atoms with Gasteiger partial charge in [0.1, 0.15) is 19.0 Å². The third-order valence-corrected chi connectivity index (χ3v) is 3.06. The fourth-order valence-electron chi connectivity index (χ4n) is 1.65. The van der Waals surface area contributed by atoms with Gasteiger partial charge in [0.15, 0.2) is 0 Å². The van der Waals surface area contributed by atoms with Gasteiger partial charge in [-0.15, -0.1) is 0 Å². The molecule has 2 aromatic carbocycles. The SMILES string of the molecule is O=C(CNC(=O)c1ccc(F)cc1)OCc1ccc(Cl)cc1. The molecule has 0 aliphatic heterocycles. The first kappa shape index (κ1) is 16.0. The van der Waals surface area contributed by atoms with E-state index in [0.717, 1.165) is 5.56 Å². The highest BCUT2D eigenvalue weighted by atomic mass is 35.5. The zero-order valence-corrected chi connectivity index (χ0v) is 12.3. The Balaban J connectivity index is 1.76. The van der Waals surface area contributed by atoms with E-state index in [1.807, 2.05) is 0 Å². The minimum Gasteiger partial charge on any atom is -0.460 e. The molecule has 0 spiro atoms. The highest BCUT2D eigenvalue weighted by Gasteiger charge is 2.09. The molecule has 0 unspecified atom stereocenters. The van der Waals surface area contributed by atoms with Crippen molar-refractivity contribution in [3.8, 4) is 0 Å². The molecule has 0 fully saturated rings. The van der Waals surface area contributed by atoms with Gasteiger partial charge in [-0.3, -0.25) is 9.59 Å². The number of hydrogen-bond acceptors (Lipinski definition) is 3. The normalized spacial score (nSPS) is 10.1. The van der Waals surface area contributed by atoms with E-state index in [2.05, 4.69) is 5.32 Å². The molecule has 0 aliphatic rings. The van der Waals surface area contributed by atoms with E-state index in [4.69, 9.17) is 16.3 Å². The van der Waals surface area contributed by atoms with Crippen molar-refractivity contribution in [2.24, 2.45) is 0 Å². The molecule has 0 saturated heterocycles. The lowest BCUT2D eigenvalue weighted by atomic mass is 10.2. The maximum absolute atomic E-state index is 12.7. The van der Waals surface area contributed by atoms with Crippen LogP contribution in [-0.2, 0) is 16.1 Å². The first-order chi connectivity index (χ1) is 10.5. The molecular weight excluding hydrogens is 309 g/mol. The number of hydrogen-bond donors (Lipinski definition) is 1. The molecule has 2 rings (SSSR count). The molecule has 1 N–H and O–H groups in total. The van der Waals surface area contributed by atoms with Gasteiger partial charge in [0.05, 0.1) is 0 Å². The fraction of sp³-hybridized carbons (Fsp3) is 0.125. The van der Waals surface area contributed by atoms with Crippen molar-refractivity contribution < 1.29 is 18.7 Å². The average Bonchev–Trinajstić information content (AvgIpc) is 2.52. The molecule has 6 heteroatoms. The van der Waals surface area contributed by atoms with E-state index in [-0.39, 0.29) is 18.7 Å². The number of carbonyl (C=O) groups is 2. The van der Waals surface area contributed by atoms with Gasteiger partial charge in [-0.05, 0) is 42.0 Å². The van der Waals surface area contributed by atoms with Gasteiger partial charge in [0, 0.05) is 10.6 Å². The van der Waals surface area contributed by atoms with Gasteiger partial charge in [-0.25, -0.2) is 4.39 Å². The van der Waals surface area contributed by atoms with Crippen LogP contribution in [0.5, 0.6) is 0 Å². The summed E-state index contributed by atoms with van der Waals surface area (Å²) in [5.74, 6) is -1.47. The van der Waals surface area contributed by atoms with Crippen LogP contribution in [0.4, 0.5) is 4.39 Å². The number of amides is 1. The highest BCUT2D eigenvalue weighted by molar-refractivity contribution is 6.30. The summed E-state index contributed by atoms with van der Waals surface area (Å²) in [5.41, 5.74) is 1.06. The first-order valence-electron chi connectivity index (χ1n) is 6.48. The fourth-order valence-corrected chi connectivity index (χ4v) is 1.78. The van der Waals surface area contributed by atoms with Crippen molar-refractivity contribution in [2.45, 2.75) is 6.61 Å². The van der Waals surface area contributed by atoms with E-state index >= 15 is 0 Å². The third-order valence-electron chi connectivity index (χ3n) is 2.81. The quantitative estimate of drug-likeness (QED) is 0.861. The number of esters is 1. The molecule has 0 bridgehead atoms. The van der Waals surface area contributed by atoms with Crippen LogP contribution in [0.2, 0.25) is 5.02 Å². The van der Waals surface area contributed by atoms with E-state index < -0.39 is 17.7 Å². The topological polar surface area (TPSA) is 55.4 Å². The number of benzene rings is 2. The van der Waals surface area contributed by atoms with Crippen LogP contribution in [0.3, 0.4) is 0 Å². The van der Waals surface area contributed by atoms with Gasteiger partial charge in [-0.1, -0.05) is 23.7 Å². The van der Waals surface area contributed by atoms with Crippen molar-refractivity contribution in [3.63, 3.8) is 0 Å². The standard InChI is InChI=1S/C16H13ClFNO3/c17-13-5-1-11(2-6-13)10-22-15(20)9-19-16(21)12-3-7-14(18)8-4-12/h1-8H,9-10H2,(H,19,21). The molecule has 22 heavy (non-hydrogen) atoms. The molecule has 0 atom stereocenters. The summed E-state index contributed by atoms with van der Waals surface area (Å²) in [6, 6.07) is 11.9. The summed E-state index contributed by atoms with van der Waals surface area (Å²) in [7, 11) is 0. The number of ether oxygens (including phenoxy) is 1. The second-order valence-electron chi connectivity index (χ2n) is 4.48. The molecule has 0 radical (unpaired) electrons. The molecule has 0 heterocycles. The Bertz CT molecular complexity index is 656. The van der Waals surface area contributed by atoms with Gasteiger partial charge in [0.2, 0.25) is 0 Å². The van der Waals surface area contributed by atoms with Crippen molar-refractivity contribution in [3.05, 3.63) is 70.5 Å². The van der Waals surface area contributed by atoms with E-state index in [1.54, 1.807) is 24.3 Å². The lowest BCUT2D eigenvalue weighted by Gasteiger charge is -2.07. The summed E-state index contributed by atoms with van der Waals surface area (Å²) in [4.78, 5) is 23.3. The van der Waals surface area contributed by atoms with Crippen LogP contribution in [0.25, 0.3) is 0 Å². The second kappa shape index (κ2) is 7.56. The third kappa shape index (κ3) is 4.86. The minimum absolute atomic E-state index is 0.0996. The summed E-state index contributed by atoms with van der Waals surface area (Å²) < 4.78 is 17.8. The Morgan fingerprint density at radius 3 is 2.32 bits per heavy atom. The first-order valence-corrected chi connectivity index (χ1v) is 6.86. The summed E-state index contributed by atoms with van der Waals surface area (Å²) >= 11 is 5.75. The Morgan fingerprint density at radius 2 is 1.68 bits per heavy atom. The van der Waals surface area contributed by atoms with Crippen LogP contribution in [0.15, 0.2) is 48.5 Å². The zero-order chi connectivity index (χ0) is 15.9. The van der Waals surface area contributed by atoms with E-state index in [9.17, 15) is 14.0 Å². The van der Waals surface area contributed by atoms with Gasteiger partial charge in [0.25, 0.3) is 5.91 Å². The van der Waals surface area contributed by atoms with Crippen LogP contribution >= 0.6 is 11.6 Å². The van der Waals surface area contributed by atoms with Gasteiger partial charge >= 0.3 is 5.97 Å². The van der Waals surface area contributed by atoms with Crippen molar-refractivity contribution in [1.29, 1.82) is 0 Å². The molecule has 114 valence electrons. The van der Waals surface area contributed by atoms with Crippen molar-refractivity contribution in [2.75, 3.05) is 6.54 Å². The molecule has 1 amide bonds. The molecular formula is C16H13ClFNO3. The highest BCUT2D eigenvalue weighted by Crippen LogP contribution is 2.10. The smallest absolute Gasteiger partial charge is 0.325 e. The van der Waals surface area contributed by atoms with Gasteiger partial charge < -0.3 is 10.1 Å². The average molecular weight is 322 g/mol. The van der Waals surface area contributed by atoms with Crippen LogP contribution in [0.1, 0.15) is 15.9 Å². The number of halogens is 2. The van der Waals surface area contributed by atoms with Crippen molar-refractivity contribution >= 4 is 23.5 Å². The van der Waals surface area contributed by atoms with Gasteiger partial charge in [-0.2, -0.15) is 0 Å². The second-order valence-corrected chi connectivity index (χ2v) is 4.91. The minimum atomic E-state index is -0.564. The maximum Gasteiger partial charge on any atom is 0.325 e. The lowest BCUT2D eigenvalue weighted by Crippen LogP contribution is -2.30. The molecule has 0 aliphatic carbocycles.